The standard InChI is InChI=1S/C22H19BrN2OS2/c1-3-15-5-4-6-18-16(11-19-21(26)24(2)22(27)28-19)13-25(20(15)18)12-14-7-9-17(23)10-8-14/h4-11,13H,3,12H2,1-2H3/b19-11-. The van der Waals surface area contributed by atoms with E-state index in [1.54, 1.807) is 7.05 Å². The van der Waals surface area contributed by atoms with Gasteiger partial charge in [-0.1, -0.05) is 77.2 Å². The maximum atomic E-state index is 12.4. The molecular weight excluding hydrogens is 452 g/mol. The Morgan fingerprint density at radius 1 is 1.18 bits per heavy atom. The maximum Gasteiger partial charge on any atom is 0.265 e. The zero-order chi connectivity index (χ0) is 19.8. The number of likely N-dealkylation sites (N-methyl/N-ethyl adjacent to an activating group) is 1. The number of hydrogen-bond donors (Lipinski definition) is 0. The Kier molecular flexibility index (Phi) is 5.45. The van der Waals surface area contributed by atoms with Gasteiger partial charge in [0.15, 0.2) is 0 Å². The average Bonchev–Trinajstić information content (AvgIpc) is 3.16. The SMILES string of the molecule is CCc1cccc2c(/C=C3\SC(=S)N(C)C3=O)cn(Cc3ccc(Br)cc3)c12. The van der Waals surface area contributed by atoms with E-state index in [-0.39, 0.29) is 5.91 Å². The fourth-order valence-corrected chi connectivity index (χ4v) is 4.90. The van der Waals surface area contributed by atoms with Crippen molar-refractivity contribution in [3.05, 3.63) is 74.7 Å². The summed E-state index contributed by atoms with van der Waals surface area (Å²) >= 11 is 10.1. The van der Waals surface area contributed by atoms with Crippen molar-refractivity contribution in [3.63, 3.8) is 0 Å². The molecule has 0 aliphatic carbocycles. The van der Waals surface area contributed by atoms with Crippen LogP contribution in [-0.2, 0) is 17.8 Å². The van der Waals surface area contributed by atoms with E-state index in [2.05, 4.69) is 76.1 Å². The van der Waals surface area contributed by atoms with Crippen LogP contribution in [0.1, 0.15) is 23.6 Å². The van der Waals surface area contributed by atoms with Crippen molar-refractivity contribution in [2.75, 3.05) is 7.05 Å². The molecule has 1 aromatic heterocycles. The number of halogens is 1. The fourth-order valence-electron chi connectivity index (χ4n) is 3.46. The summed E-state index contributed by atoms with van der Waals surface area (Å²) in [6.07, 6.45) is 5.08. The largest absolute Gasteiger partial charge is 0.342 e. The maximum absolute atomic E-state index is 12.4. The first-order valence-corrected chi connectivity index (χ1v) is 11.1. The summed E-state index contributed by atoms with van der Waals surface area (Å²) in [7, 11) is 1.73. The van der Waals surface area contributed by atoms with Gasteiger partial charge in [0.05, 0.1) is 10.4 Å². The zero-order valence-electron chi connectivity index (χ0n) is 15.6. The third-order valence-corrected chi connectivity index (χ3v) is 6.95. The van der Waals surface area contributed by atoms with Crippen LogP contribution >= 0.6 is 39.9 Å². The molecule has 0 atom stereocenters. The highest BCUT2D eigenvalue weighted by Gasteiger charge is 2.29. The van der Waals surface area contributed by atoms with Crippen LogP contribution in [-0.4, -0.2) is 26.7 Å². The van der Waals surface area contributed by atoms with Gasteiger partial charge in [0.1, 0.15) is 4.32 Å². The van der Waals surface area contributed by atoms with E-state index in [9.17, 15) is 4.79 Å². The minimum atomic E-state index is -0.0320. The number of carbonyl (C=O) groups excluding carboxylic acids is 1. The number of thiocarbonyl (C=S) groups is 1. The number of aryl methyl sites for hydroxylation is 1. The van der Waals surface area contributed by atoms with Gasteiger partial charge >= 0.3 is 0 Å². The minimum Gasteiger partial charge on any atom is -0.342 e. The lowest BCUT2D eigenvalue weighted by molar-refractivity contribution is -0.121. The number of thioether (sulfide) groups is 1. The molecule has 1 aliphatic heterocycles. The third kappa shape index (κ3) is 3.56. The summed E-state index contributed by atoms with van der Waals surface area (Å²) < 4.78 is 3.96. The number of benzene rings is 2. The molecule has 1 fully saturated rings. The molecule has 4 rings (SSSR count). The molecule has 6 heteroatoms. The van der Waals surface area contributed by atoms with Crippen LogP contribution in [0, 0.1) is 0 Å². The predicted molar refractivity (Wildman–Crippen MR) is 125 cm³/mol. The van der Waals surface area contributed by atoms with Gasteiger partial charge in [0.2, 0.25) is 0 Å². The number of rotatable bonds is 4. The Balaban J connectivity index is 1.83. The lowest BCUT2D eigenvalue weighted by Gasteiger charge is -2.09. The third-order valence-electron chi connectivity index (χ3n) is 4.93. The summed E-state index contributed by atoms with van der Waals surface area (Å²) in [6.45, 7) is 2.96. The van der Waals surface area contributed by atoms with Gasteiger partial charge in [-0.2, -0.15) is 0 Å². The van der Waals surface area contributed by atoms with Crippen LogP contribution in [0.25, 0.3) is 17.0 Å². The second kappa shape index (κ2) is 7.85. The number of nitrogens with zero attached hydrogens (tertiary/aromatic N) is 2. The predicted octanol–water partition coefficient (Wildman–Crippen LogP) is 5.85. The van der Waals surface area contributed by atoms with Crippen molar-refractivity contribution >= 4 is 67.1 Å². The first-order chi connectivity index (χ1) is 13.5. The van der Waals surface area contributed by atoms with Crippen LogP contribution in [0.3, 0.4) is 0 Å². The van der Waals surface area contributed by atoms with Gasteiger partial charge < -0.3 is 4.57 Å². The molecule has 2 heterocycles. The molecule has 0 N–H and O–H groups in total. The lowest BCUT2D eigenvalue weighted by Crippen LogP contribution is -2.22. The topological polar surface area (TPSA) is 25.2 Å². The van der Waals surface area contributed by atoms with Gasteiger partial charge in [0.25, 0.3) is 5.91 Å². The summed E-state index contributed by atoms with van der Waals surface area (Å²) in [6, 6.07) is 14.8. The minimum absolute atomic E-state index is 0.0320. The highest BCUT2D eigenvalue weighted by atomic mass is 79.9. The van der Waals surface area contributed by atoms with Crippen LogP contribution in [0.2, 0.25) is 0 Å². The molecule has 1 aliphatic rings. The number of fused-ring (bicyclic) bond motifs is 1. The Bertz CT molecular complexity index is 1120. The molecule has 0 unspecified atom stereocenters. The van der Waals surface area contributed by atoms with Crippen molar-refractivity contribution < 1.29 is 4.79 Å². The smallest absolute Gasteiger partial charge is 0.265 e. The van der Waals surface area contributed by atoms with Gasteiger partial charge in [-0.25, -0.2) is 0 Å². The van der Waals surface area contributed by atoms with Gasteiger partial charge in [-0.05, 0) is 35.8 Å². The quantitative estimate of drug-likeness (QED) is 0.353. The molecule has 3 aromatic rings. The molecule has 3 nitrogen and oxygen atoms in total. The summed E-state index contributed by atoms with van der Waals surface area (Å²) in [5, 5.41) is 1.16. The van der Waals surface area contributed by atoms with Crippen LogP contribution in [0.15, 0.2) is 58.0 Å². The molecule has 0 spiro atoms. The molecule has 0 bridgehead atoms. The average molecular weight is 471 g/mol. The van der Waals surface area contributed by atoms with E-state index in [0.29, 0.717) is 9.23 Å². The molecule has 1 amide bonds. The van der Waals surface area contributed by atoms with E-state index in [0.717, 1.165) is 28.4 Å². The Labute approximate surface area is 182 Å². The monoisotopic (exact) mass is 470 g/mol. The van der Waals surface area contributed by atoms with E-state index in [1.807, 2.05) is 6.08 Å². The van der Waals surface area contributed by atoms with Crippen molar-refractivity contribution in [2.24, 2.45) is 0 Å². The van der Waals surface area contributed by atoms with Crippen molar-refractivity contribution in [2.45, 2.75) is 19.9 Å². The van der Waals surface area contributed by atoms with Crippen molar-refractivity contribution in [1.29, 1.82) is 0 Å². The number of para-hydroxylation sites is 1. The summed E-state index contributed by atoms with van der Waals surface area (Å²) in [5.41, 5.74) is 4.82. The molecule has 142 valence electrons. The van der Waals surface area contributed by atoms with E-state index < -0.39 is 0 Å². The molecule has 1 saturated heterocycles. The van der Waals surface area contributed by atoms with Crippen molar-refractivity contribution in [3.8, 4) is 0 Å². The van der Waals surface area contributed by atoms with Crippen molar-refractivity contribution in [1.82, 2.24) is 9.47 Å². The zero-order valence-corrected chi connectivity index (χ0v) is 18.8. The highest BCUT2D eigenvalue weighted by molar-refractivity contribution is 9.10. The van der Waals surface area contributed by atoms with Gasteiger partial charge in [-0.15, -0.1) is 0 Å². The molecular formula is C22H19BrN2OS2. The van der Waals surface area contributed by atoms with Gasteiger partial charge in [-0.3, -0.25) is 9.69 Å². The molecule has 0 saturated carbocycles. The second-order valence-corrected chi connectivity index (χ2v) is 9.34. The lowest BCUT2D eigenvalue weighted by atomic mass is 10.1. The van der Waals surface area contributed by atoms with Gasteiger partial charge in [0, 0.05) is 35.2 Å². The molecule has 28 heavy (non-hydrogen) atoms. The number of hydrogen-bond acceptors (Lipinski definition) is 3. The number of amides is 1. The van der Waals surface area contributed by atoms with Crippen LogP contribution < -0.4 is 0 Å². The Morgan fingerprint density at radius 3 is 2.57 bits per heavy atom. The fraction of sp³-hybridized carbons (Fsp3) is 0.182. The molecule has 2 aromatic carbocycles. The number of carbonyl (C=O) groups is 1. The molecule has 0 radical (unpaired) electrons. The summed E-state index contributed by atoms with van der Waals surface area (Å²) in [5.74, 6) is -0.0320. The van der Waals surface area contributed by atoms with Crippen LogP contribution in [0.4, 0.5) is 0 Å². The first kappa shape index (κ1) is 19.4. The van der Waals surface area contributed by atoms with E-state index >= 15 is 0 Å². The van der Waals surface area contributed by atoms with E-state index in [4.69, 9.17) is 12.2 Å². The second-order valence-electron chi connectivity index (χ2n) is 6.75. The first-order valence-electron chi connectivity index (χ1n) is 9.04. The summed E-state index contributed by atoms with van der Waals surface area (Å²) in [4.78, 5) is 14.7. The Hall–Kier alpha value is -1.89. The number of aromatic nitrogens is 1. The normalized spacial score (nSPS) is 16.0. The van der Waals surface area contributed by atoms with Crippen LogP contribution in [0.5, 0.6) is 0 Å². The van der Waals surface area contributed by atoms with E-state index in [1.165, 1.54) is 33.3 Å². The Morgan fingerprint density at radius 2 is 1.93 bits per heavy atom. The highest BCUT2D eigenvalue weighted by Crippen LogP contribution is 2.34.